The molecule has 1 heterocycles. The van der Waals surface area contributed by atoms with Gasteiger partial charge in [-0.3, -0.25) is 4.79 Å². The molecular weight excluding hydrogens is 274 g/mol. The molecule has 19 heavy (non-hydrogen) atoms. The van der Waals surface area contributed by atoms with Crippen LogP contribution in [-0.2, 0) is 11.8 Å². The van der Waals surface area contributed by atoms with Crippen molar-refractivity contribution in [3.8, 4) is 0 Å². The number of ether oxygens (including phenoxy) is 1. The molecule has 0 atom stereocenters. The molecule has 1 amide bonds. The van der Waals surface area contributed by atoms with Gasteiger partial charge < -0.3 is 19.8 Å². The summed E-state index contributed by atoms with van der Waals surface area (Å²) >= 11 is 5.65. The maximum absolute atomic E-state index is 12.3. The van der Waals surface area contributed by atoms with Crippen LogP contribution in [0.3, 0.4) is 0 Å². The molecule has 0 fully saturated rings. The van der Waals surface area contributed by atoms with E-state index < -0.39 is 4.92 Å². The van der Waals surface area contributed by atoms with Gasteiger partial charge in [0.2, 0.25) is 0 Å². The fourth-order valence-electron chi connectivity index (χ4n) is 1.68. The lowest BCUT2D eigenvalue weighted by Crippen LogP contribution is -2.36. The van der Waals surface area contributed by atoms with E-state index in [2.05, 4.69) is 0 Å². The molecule has 0 saturated carbocycles. The number of carbonyl (C=O) groups is 1. The van der Waals surface area contributed by atoms with Crippen LogP contribution in [-0.4, -0.2) is 53.0 Å². The first-order valence-electron chi connectivity index (χ1n) is 5.67. The summed E-state index contributed by atoms with van der Waals surface area (Å²) in [5.74, 6) is -0.128. The third-order valence-electron chi connectivity index (χ3n) is 2.71. The third-order valence-corrected chi connectivity index (χ3v) is 2.88. The predicted molar refractivity (Wildman–Crippen MR) is 70.6 cm³/mol. The predicted octanol–water partition coefficient (Wildman–Crippen LogP) is 1.26. The van der Waals surface area contributed by atoms with Crippen molar-refractivity contribution in [2.75, 3.05) is 32.7 Å². The van der Waals surface area contributed by atoms with E-state index in [0.29, 0.717) is 25.6 Å². The third kappa shape index (κ3) is 3.68. The molecule has 0 aromatic carbocycles. The highest BCUT2D eigenvalue weighted by atomic mass is 35.5. The Morgan fingerprint density at radius 1 is 1.53 bits per heavy atom. The summed E-state index contributed by atoms with van der Waals surface area (Å²) in [4.78, 5) is 24.0. The minimum Gasteiger partial charge on any atom is -0.383 e. The molecule has 1 aromatic rings. The Morgan fingerprint density at radius 3 is 2.68 bits per heavy atom. The second-order valence-electron chi connectivity index (χ2n) is 3.87. The fraction of sp³-hybridized carbons (Fsp3) is 0.545. The lowest BCUT2D eigenvalue weighted by molar-refractivity contribution is -0.391. The van der Waals surface area contributed by atoms with Crippen molar-refractivity contribution in [2.45, 2.75) is 0 Å². The van der Waals surface area contributed by atoms with Gasteiger partial charge in [0.1, 0.15) is 0 Å². The summed E-state index contributed by atoms with van der Waals surface area (Å²) in [7, 11) is 3.03. The summed E-state index contributed by atoms with van der Waals surface area (Å²) in [5, 5.41) is 10.7. The molecule has 0 saturated heterocycles. The van der Waals surface area contributed by atoms with Crippen molar-refractivity contribution in [3.05, 3.63) is 27.9 Å². The van der Waals surface area contributed by atoms with E-state index in [1.165, 1.54) is 35.8 Å². The number of aromatic nitrogens is 1. The van der Waals surface area contributed by atoms with Gasteiger partial charge in [-0.25, -0.2) is 4.57 Å². The zero-order chi connectivity index (χ0) is 14.4. The Labute approximate surface area is 115 Å². The standard InChI is InChI=1S/C11H16ClN3O4/c1-13-9(3-4-10(13)15(17)18)11(16)14(6-5-12)7-8-19-2/h3-4H,5-8H2,1-2H3. The SMILES string of the molecule is COCCN(CCCl)C(=O)c1ccc([N+](=O)[O-])n1C. The molecule has 0 spiro atoms. The van der Waals surface area contributed by atoms with Crippen LogP contribution in [0.4, 0.5) is 5.82 Å². The highest BCUT2D eigenvalue weighted by Crippen LogP contribution is 2.16. The maximum atomic E-state index is 12.3. The number of nitro groups is 1. The van der Waals surface area contributed by atoms with Crippen molar-refractivity contribution < 1.29 is 14.5 Å². The van der Waals surface area contributed by atoms with Crippen molar-refractivity contribution >= 4 is 23.3 Å². The summed E-state index contributed by atoms with van der Waals surface area (Å²) in [5.41, 5.74) is 0.257. The van der Waals surface area contributed by atoms with Crippen molar-refractivity contribution in [2.24, 2.45) is 7.05 Å². The summed E-state index contributed by atoms with van der Waals surface area (Å²) in [6, 6.07) is 2.75. The van der Waals surface area contributed by atoms with E-state index in [9.17, 15) is 14.9 Å². The van der Waals surface area contributed by atoms with Crippen molar-refractivity contribution in [1.82, 2.24) is 9.47 Å². The second kappa shape index (κ2) is 7.10. The molecule has 0 radical (unpaired) electrons. The average Bonchev–Trinajstić information content (AvgIpc) is 2.75. The molecule has 0 aliphatic heterocycles. The van der Waals surface area contributed by atoms with Crippen molar-refractivity contribution in [1.29, 1.82) is 0 Å². The minimum absolute atomic E-state index is 0.124. The second-order valence-corrected chi connectivity index (χ2v) is 4.24. The van der Waals surface area contributed by atoms with Crippen LogP contribution in [0.1, 0.15) is 10.5 Å². The van der Waals surface area contributed by atoms with E-state index in [-0.39, 0.29) is 17.4 Å². The monoisotopic (exact) mass is 289 g/mol. The molecule has 0 aliphatic carbocycles. The number of nitrogens with zero attached hydrogens (tertiary/aromatic N) is 3. The molecule has 0 bridgehead atoms. The lowest BCUT2D eigenvalue weighted by atomic mass is 10.3. The number of halogens is 1. The Morgan fingerprint density at radius 2 is 2.21 bits per heavy atom. The first-order valence-corrected chi connectivity index (χ1v) is 6.20. The number of rotatable bonds is 7. The zero-order valence-corrected chi connectivity index (χ0v) is 11.6. The molecular formula is C11H16ClN3O4. The first kappa shape index (κ1) is 15.5. The Balaban J connectivity index is 2.92. The summed E-state index contributed by atoms with van der Waals surface area (Å²) < 4.78 is 6.19. The van der Waals surface area contributed by atoms with Crippen LogP contribution < -0.4 is 0 Å². The lowest BCUT2D eigenvalue weighted by Gasteiger charge is -2.20. The average molecular weight is 290 g/mol. The number of amides is 1. The summed E-state index contributed by atoms with van der Waals surface area (Å²) in [6.45, 7) is 1.14. The van der Waals surface area contributed by atoms with Crippen LogP contribution in [0.2, 0.25) is 0 Å². The van der Waals surface area contributed by atoms with E-state index in [1.807, 2.05) is 0 Å². The topological polar surface area (TPSA) is 77.6 Å². The fourth-order valence-corrected chi connectivity index (χ4v) is 1.88. The van der Waals surface area contributed by atoms with Gasteiger partial charge in [-0.2, -0.15) is 0 Å². The van der Waals surface area contributed by atoms with Gasteiger partial charge in [-0.15, -0.1) is 11.6 Å². The van der Waals surface area contributed by atoms with Crippen LogP contribution in [0.25, 0.3) is 0 Å². The summed E-state index contributed by atoms with van der Waals surface area (Å²) in [6.07, 6.45) is 0. The minimum atomic E-state index is -0.530. The van der Waals surface area contributed by atoms with Gasteiger partial charge in [0.25, 0.3) is 5.91 Å². The van der Waals surface area contributed by atoms with E-state index in [4.69, 9.17) is 16.3 Å². The molecule has 0 unspecified atom stereocenters. The van der Waals surface area contributed by atoms with Gasteiger partial charge in [-0.05, 0) is 11.0 Å². The van der Waals surface area contributed by atoms with Gasteiger partial charge in [-0.1, -0.05) is 0 Å². The molecule has 8 heteroatoms. The highest BCUT2D eigenvalue weighted by Gasteiger charge is 2.24. The number of carbonyl (C=O) groups excluding carboxylic acids is 1. The molecule has 106 valence electrons. The highest BCUT2D eigenvalue weighted by molar-refractivity contribution is 6.18. The normalized spacial score (nSPS) is 10.5. The quantitative estimate of drug-likeness (QED) is 0.430. The molecule has 1 rings (SSSR count). The Hall–Kier alpha value is -1.60. The number of hydrogen-bond donors (Lipinski definition) is 0. The molecule has 1 aromatic heterocycles. The molecule has 7 nitrogen and oxygen atoms in total. The van der Waals surface area contributed by atoms with Crippen LogP contribution in [0.5, 0.6) is 0 Å². The molecule has 0 N–H and O–H groups in total. The smallest absolute Gasteiger partial charge is 0.323 e. The molecule has 0 aliphatic rings. The first-order chi connectivity index (χ1) is 9.02. The van der Waals surface area contributed by atoms with Crippen LogP contribution in [0, 0.1) is 10.1 Å². The van der Waals surface area contributed by atoms with Gasteiger partial charge in [0.15, 0.2) is 5.69 Å². The van der Waals surface area contributed by atoms with Gasteiger partial charge in [0.05, 0.1) is 13.7 Å². The Kier molecular flexibility index (Phi) is 5.78. The number of methoxy groups -OCH3 is 1. The zero-order valence-electron chi connectivity index (χ0n) is 10.8. The Bertz CT molecular complexity index is 461. The van der Waals surface area contributed by atoms with Crippen molar-refractivity contribution in [3.63, 3.8) is 0 Å². The maximum Gasteiger partial charge on any atom is 0.323 e. The number of hydrogen-bond acceptors (Lipinski definition) is 4. The van der Waals surface area contributed by atoms with Crippen LogP contribution >= 0.6 is 11.6 Å². The van der Waals surface area contributed by atoms with Gasteiger partial charge >= 0.3 is 5.82 Å². The van der Waals surface area contributed by atoms with Gasteiger partial charge in [0, 0.05) is 32.1 Å². The van der Waals surface area contributed by atoms with E-state index in [0.717, 1.165) is 0 Å². The van der Waals surface area contributed by atoms with E-state index in [1.54, 1.807) is 0 Å². The largest absolute Gasteiger partial charge is 0.383 e. The number of alkyl halides is 1. The van der Waals surface area contributed by atoms with E-state index >= 15 is 0 Å². The van der Waals surface area contributed by atoms with Crippen LogP contribution in [0.15, 0.2) is 12.1 Å².